The first-order valence-corrected chi connectivity index (χ1v) is 7.16. The summed E-state index contributed by atoms with van der Waals surface area (Å²) in [6.45, 7) is 0. The summed E-state index contributed by atoms with van der Waals surface area (Å²) in [6, 6.07) is 1.58. The summed E-state index contributed by atoms with van der Waals surface area (Å²) >= 11 is 3.04. The van der Waals surface area contributed by atoms with Crippen molar-refractivity contribution >= 4 is 28.1 Å². The Kier molecular flexibility index (Phi) is 2.92. The lowest BCUT2D eigenvalue weighted by Gasteiger charge is -2.01. The standard InChI is InChI=1S/C11H10N4OS2/c1-14-3-2-12-10(14)18-7-8-6-9(16)15-4-5-17-11(15)13-8/h2-6H,7H2,1H3. The third-order valence-corrected chi connectivity index (χ3v) is 4.33. The van der Waals surface area contributed by atoms with Crippen LogP contribution in [0.2, 0.25) is 0 Å². The smallest absolute Gasteiger partial charge is 0.258 e. The van der Waals surface area contributed by atoms with Gasteiger partial charge >= 0.3 is 0 Å². The third-order valence-electron chi connectivity index (χ3n) is 2.48. The molecule has 0 aliphatic carbocycles. The fourth-order valence-corrected chi connectivity index (χ4v) is 3.15. The lowest BCUT2D eigenvalue weighted by Crippen LogP contribution is -2.12. The van der Waals surface area contributed by atoms with E-state index in [9.17, 15) is 4.79 Å². The molecule has 3 aromatic heterocycles. The van der Waals surface area contributed by atoms with Crippen molar-refractivity contribution in [2.45, 2.75) is 10.9 Å². The van der Waals surface area contributed by atoms with E-state index in [1.54, 1.807) is 34.6 Å². The van der Waals surface area contributed by atoms with Crippen LogP contribution in [0, 0.1) is 0 Å². The lowest BCUT2D eigenvalue weighted by atomic mass is 10.4. The molecule has 0 amide bonds. The number of rotatable bonds is 3. The summed E-state index contributed by atoms with van der Waals surface area (Å²) in [5, 5.41) is 2.78. The van der Waals surface area contributed by atoms with E-state index in [1.165, 1.54) is 11.3 Å². The molecule has 0 N–H and O–H groups in total. The molecule has 0 spiro atoms. The maximum Gasteiger partial charge on any atom is 0.258 e. The van der Waals surface area contributed by atoms with Crippen LogP contribution in [0.15, 0.2) is 40.0 Å². The molecule has 0 aromatic carbocycles. The van der Waals surface area contributed by atoms with E-state index in [-0.39, 0.29) is 5.56 Å². The zero-order valence-electron chi connectivity index (χ0n) is 9.61. The van der Waals surface area contributed by atoms with E-state index in [0.29, 0.717) is 5.75 Å². The van der Waals surface area contributed by atoms with Crippen LogP contribution in [0.5, 0.6) is 0 Å². The number of fused-ring (bicyclic) bond motifs is 1. The zero-order valence-corrected chi connectivity index (χ0v) is 11.2. The van der Waals surface area contributed by atoms with Gasteiger partial charge in [0.25, 0.3) is 5.56 Å². The number of hydrogen-bond donors (Lipinski definition) is 0. The Bertz CT molecular complexity index is 743. The van der Waals surface area contributed by atoms with Crippen molar-refractivity contribution in [2.24, 2.45) is 7.05 Å². The molecule has 0 saturated heterocycles. The highest BCUT2D eigenvalue weighted by atomic mass is 32.2. The predicted octanol–water partition coefficient (Wildman–Crippen LogP) is 1.78. The molecule has 0 bridgehead atoms. The first-order valence-electron chi connectivity index (χ1n) is 5.30. The average molecular weight is 278 g/mol. The van der Waals surface area contributed by atoms with Crippen molar-refractivity contribution in [1.29, 1.82) is 0 Å². The number of thioether (sulfide) groups is 1. The minimum Gasteiger partial charge on any atom is -0.329 e. The van der Waals surface area contributed by atoms with Gasteiger partial charge in [0.2, 0.25) is 0 Å². The minimum atomic E-state index is -0.0308. The van der Waals surface area contributed by atoms with Gasteiger partial charge in [0.1, 0.15) is 0 Å². The van der Waals surface area contributed by atoms with Gasteiger partial charge in [0.15, 0.2) is 10.1 Å². The maximum absolute atomic E-state index is 11.8. The van der Waals surface area contributed by atoms with E-state index < -0.39 is 0 Å². The summed E-state index contributed by atoms with van der Waals surface area (Å²) in [7, 11) is 1.94. The number of thiazole rings is 1. The molecule has 0 unspecified atom stereocenters. The molecular formula is C11H10N4OS2. The van der Waals surface area contributed by atoms with Gasteiger partial charge in [-0.1, -0.05) is 11.8 Å². The monoisotopic (exact) mass is 278 g/mol. The van der Waals surface area contributed by atoms with E-state index in [4.69, 9.17) is 0 Å². The molecular weight excluding hydrogens is 268 g/mol. The normalized spacial score (nSPS) is 11.2. The van der Waals surface area contributed by atoms with Crippen molar-refractivity contribution in [3.8, 4) is 0 Å². The van der Waals surface area contributed by atoms with Crippen LogP contribution in [-0.4, -0.2) is 18.9 Å². The number of imidazole rings is 1. The fourth-order valence-electron chi connectivity index (χ4n) is 1.59. The maximum atomic E-state index is 11.8. The van der Waals surface area contributed by atoms with Gasteiger partial charge in [0.05, 0.1) is 5.69 Å². The van der Waals surface area contributed by atoms with Crippen LogP contribution < -0.4 is 5.56 Å². The number of aromatic nitrogens is 4. The van der Waals surface area contributed by atoms with Gasteiger partial charge in [-0.2, -0.15) is 0 Å². The summed E-state index contributed by atoms with van der Waals surface area (Å²) in [6.07, 6.45) is 5.39. The van der Waals surface area contributed by atoms with Crippen molar-refractivity contribution in [2.75, 3.05) is 0 Å². The first-order chi connectivity index (χ1) is 8.74. The molecule has 7 heteroatoms. The fraction of sp³-hybridized carbons (Fsp3) is 0.182. The molecule has 18 heavy (non-hydrogen) atoms. The number of nitrogens with zero attached hydrogens (tertiary/aromatic N) is 4. The summed E-state index contributed by atoms with van der Waals surface area (Å²) in [4.78, 5) is 21.2. The molecule has 0 aliphatic heterocycles. The Morgan fingerprint density at radius 2 is 2.33 bits per heavy atom. The van der Waals surface area contributed by atoms with Crippen molar-refractivity contribution in [3.63, 3.8) is 0 Å². The van der Waals surface area contributed by atoms with Crippen LogP contribution in [0.25, 0.3) is 4.96 Å². The second kappa shape index (κ2) is 4.58. The Morgan fingerprint density at radius 3 is 3.11 bits per heavy atom. The van der Waals surface area contributed by atoms with E-state index in [0.717, 1.165) is 15.8 Å². The van der Waals surface area contributed by atoms with Gasteiger partial charge in [0, 0.05) is 42.8 Å². The Hall–Kier alpha value is -1.60. The molecule has 0 fully saturated rings. The highest BCUT2D eigenvalue weighted by Gasteiger charge is 2.06. The molecule has 0 atom stereocenters. The minimum absolute atomic E-state index is 0.0308. The highest BCUT2D eigenvalue weighted by Crippen LogP contribution is 2.19. The Morgan fingerprint density at radius 1 is 1.44 bits per heavy atom. The molecule has 3 rings (SSSR count). The third kappa shape index (κ3) is 2.06. The molecule has 0 radical (unpaired) electrons. The molecule has 3 aromatic rings. The summed E-state index contributed by atoms with van der Waals surface area (Å²) < 4.78 is 3.50. The zero-order chi connectivity index (χ0) is 12.5. The molecule has 0 saturated carbocycles. The largest absolute Gasteiger partial charge is 0.329 e. The highest BCUT2D eigenvalue weighted by molar-refractivity contribution is 7.98. The predicted molar refractivity (Wildman–Crippen MR) is 72.1 cm³/mol. The van der Waals surface area contributed by atoms with Crippen LogP contribution >= 0.6 is 23.1 Å². The van der Waals surface area contributed by atoms with Crippen molar-refractivity contribution < 1.29 is 0 Å². The molecule has 5 nitrogen and oxygen atoms in total. The van der Waals surface area contributed by atoms with Crippen molar-refractivity contribution in [3.05, 3.63) is 46.1 Å². The van der Waals surface area contributed by atoms with E-state index >= 15 is 0 Å². The average Bonchev–Trinajstić information content (AvgIpc) is 2.95. The van der Waals surface area contributed by atoms with Gasteiger partial charge < -0.3 is 4.57 Å². The molecule has 92 valence electrons. The molecule has 3 heterocycles. The number of aryl methyl sites for hydroxylation is 1. The van der Waals surface area contributed by atoms with E-state index in [1.807, 2.05) is 23.2 Å². The van der Waals surface area contributed by atoms with Gasteiger partial charge in [-0.25, -0.2) is 9.97 Å². The van der Waals surface area contributed by atoms with Gasteiger partial charge in [-0.15, -0.1) is 11.3 Å². The van der Waals surface area contributed by atoms with Crippen LogP contribution in [0.3, 0.4) is 0 Å². The molecule has 0 aliphatic rings. The number of hydrogen-bond acceptors (Lipinski definition) is 5. The van der Waals surface area contributed by atoms with Gasteiger partial charge in [-0.05, 0) is 0 Å². The summed E-state index contributed by atoms with van der Waals surface area (Å²) in [5.41, 5.74) is 0.757. The topological polar surface area (TPSA) is 52.2 Å². The Labute approximate surface area is 111 Å². The van der Waals surface area contributed by atoms with E-state index in [2.05, 4.69) is 9.97 Å². The second-order valence-corrected chi connectivity index (χ2v) is 5.57. The SMILES string of the molecule is Cn1ccnc1SCc1cc(=O)n2ccsc2n1. The van der Waals surface area contributed by atoms with Gasteiger partial charge in [-0.3, -0.25) is 9.20 Å². The quantitative estimate of drug-likeness (QED) is 0.685. The Balaban J connectivity index is 1.87. The summed E-state index contributed by atoms with van der Waals surface area (Å²) in [5.74, 6) is 0.647. The lowest BCUT2D eigenvalue weighted by molar-refractivity contribution is 0.789. The van der Waals surface area contributed by atoms with Crippen LogP contribution in [0.1, 0.15) is 5.69 Å². The van der Waals surface area contributed by atoms with Crippen LogP contribution in [-0.2, 0) is 12.8 Å². The van der Waals surface area contributed by atoms with Crippen molar-refractivity contribution in [1.82, 2.24) is 18.9 Å². The second-order valence-electron chi connectivity index (χ2n) is 3.75. The first kappa shape index (κ1) is 11.5. The van der Waals surface area contributed by atoms with Crippen LogP contribution in [0.4, 0.5) is 0 Å².